The van der Waals surface area contributed by atoms with Gasteiger partial charge in [0.15, 0.2) is 5.96 Å². The van der Waals surface area contributed by atoms with Gasteiger partial charge < -0.3 is 19.7 Å². The SMILES string of the molecule is CCNC(=NCC(C)Oc1cccc(C)c1)N(C)CC1CCOC1. The molecule has 134 valence electrons. The quantitative estimate of drug-likeness (QED) is 0.616. The summed E-state index contributed by atoms with van der Waals surface area (Å²) in [5.74, 6) is 2.43. The minimum absolute atomic E-state index is 0.0312. The second kappa shape index (κ2) is 9.52. The lowest BCUT2D eigenvalue weighted by Crippen LogP contribution is -2.42. The molecule has 5 heteroatoms. The fourth-order valence-corrected chi connectivity index (χ4v) is 2.84. The fraction of sp³-hybridized carbons (Fsp3) is 0.632. The minimum Gasteiger partial charge on any atom is -0.489 e. The molecule has 1 aliphatic heterocycles. The van der Waals surface area contributed by atoms with Crippen molar-refractivity contribution < 1.29 is 9.47 Å². The van der Waals surface area contributed by atoms with Crippen LogP contribution in [0.3, 0.4) is 0 Å². The summed E-state index contributed by atoms with van der Waals surface area (Å²) in [5, 5.41) is 3.36. The number of hydrogen-bond donors (Lipinski definition) is 1. The van der Waals surface area contributed by atoms with Gasteiger partial charge in [0.25, 0.3) is 0 Å². The summed E-state index contributed by atoms with van der Waals surface area (Å²) in [7, 11) is 2.09. The van der Waals surface area contributed by atoms with Gasteiger partial charge in [0, 0.05) is 32.7 Å². The van der Waals surface area contributed by atoms with Gasteiger partial charge in [0.05, 0.1) is 13.2 Å². The van der Waals surface area contributed by atoms with Crippen molar-refractivity contribution in [3.8, 4) is 5.75 Å². The molecule has 0 spiro atoms. The number of guanidine groups is 1. The van der Waals surface area contributed by atoms with Gasteiger partial charge in [0.1, 0.15) is 11.9 Å². The van der Waals surface area contributed by atoms with Gasteiger partial charge in [0.2, 0.25) is 0 Å². The molecule has 0 amide bonds. The van der Waals surface area contributed by atoms with Gasteiger partial charge in [-0.1, -0.05) is 12.1 Å². The minimum atomic E-state index is 0.0312. The van der Waals surface area contributed by atoms with E-state index in [-0.39, 0.29) is 6.10 Å². The van der Waals surface area contributed by atoms with Gasteiger partial charge in [-0.25, -0.2) is 4.99 Å². The third-order valence-corrected chi connectivity index (χ3v) is 4.08. The first-order valence-electron chi connectivity index (χ1n) is 8.89. The molecule has 1 N–H and O–H groups in total. The van der Waals surface area contributed by atoms with Crippen LogP contribution < -0.4 is 10.1 Å². The molecule has 1 saturated heterocycles. The van der Waals surface area contributed by atoms with Crippen molar-refractivity contribution in [3.63, 3.8) is 0 Å². The molecule has 1 fully saturated rings. The predicted octanol–water partition coefficient (Wildman–Crippen LogP) is 2.70. The van der Waals surface area contributed by atoms with E-state index in [9.17, 15) is 0 Å². The van der Waals surface area contributed by atoms with E-state index in [1.807, 2.05) is 12.1 Å². The Labute approximate surface area is 146 Å². The lowest BCUT2D eigenvalue weighted by atomic mass is 10.1. The largest absolute Gasteiger partial charge is 0.489 e. The molecule has 0 bridgehead atoms. The fourth-order valence-electron chi connectivity index (χ4n) is 2.84. The Bertz CT molecular complexity index is 527. The molecule has 2 atom stereocenters. The summed E-state index contributed by atoms with van der Waals surface area (Å²) in [5.41, 5.74) is 1.20. The zero-order valence-corrected chi connectivity index (χ0v) is 15.4. The monoisotopic (exact) mass is 333 g/mol. The number of rotatable bonds is 7. The Hall–Kier alpha value is -1.75. The van der Waals surface area contributed by atoms with Crippen LogP contribution in [0.15, 0.2) is 29.3 Å². The smallest absolute Gasteiger partial charge is 0.193 e. The number of benzene rings is 1. The van der Waals surface area contributed by atoms with E-state index >= 15 is 0 Å². The molecule has 0 aliphatic carbocycles. The van der Waals surface area contributed by atoms with Gasteiger partial charge in [-0.2, -0.15) is 0 Å². The third-order valence-electron chi connectivity index (χ3n) is 4.08. The predicted molar refractivity (Wildman–Crippen MR) is 98.8 cm³/mol. The van der Waals surface area contributed by atoms with Crippen LogP contribution in [0.5, 0.6) is 5.75 Å². The van der Waals surface area contributed by atoms with Crippen molar-refractivity contribution in [2.24, 2.45) is 10.9 Å². The first kappa shape index (κ1) is 18.6. The summed E-state index contributed by atoms with van der Waals surface area (Å²) in [4.78, 5) is 6.94. The molecule has 0 aromatic heterocycles. The average Bonchev–Trinajstić information content (AvgIpc) is 3.04. The number of hydrogen-bond acceptors (Lipinski definition) is 3. The highest BCUT2D eigenvalue weighted by Crippen LogP contribution is 2.15. The molecule has 1 heterocycles. The molecule has 0 radical (unpaired) electrons. The highest BCUT2D eigenvalue weighted by molar-refractivity contribution is 5.79. The van der Waals surface area contributed by atoms with E-state index in [0.29, 0.717) is 12.5 Å². The standard InChI is InChI=1S/C19H31N3O2/c1-5-20-19(22(4)13-17-9-10-23-14-17)21-12-16(3)24-18-8-6-7-15(2)11-18/h6-8,11,16-17H,5,9-10,12-14H2,1-4H3,(H,20,21). The second-order valence-electron chi connectivity index (χ2n) is 6.55. The first-order valence-corrected chi connectivity index (χ1v) is 8.89. The summed E-state index contributed by atoms with van der Waals surface area (Å²) in [6, 6.07) is 8.13. The van der Waals surface area contributed by atoms with Crippen LogP contribution in [0, 0.1) is 12.8 Å². The van der Waals surface area contributed by atoms with Gasteiger partial charge in [-0.15, -0.1) is 0 Å². The first-order chi connectivity index (χ1) is 11.6. The van der Waals surface area contributed by atoms with E-state index in [2.05, 4.69) is 50.2 Å². The van der Waals surface area contributed by atoms with Crippen LogP contribution in [0.25, 0.3) is 0 Å². The number of aryl methyl sites for hydroxylation is 1. The van der Waals surface area contributed by atoms with E-state index in [4.69, 9.17) is 14.5 Å². The molecule has 1 aromatic carbocycles. The summed E-state index contributed by atoms with van der Waals surface area (Å²) >= 11 is 0. The Balaban J connectivity index is 1.88. The van der Waals surface area contributed by atoms with Crippen LogP contribution in [0.1, 0.15) is 25.8 Å². The van der Waals surface area contributed by atoms with Crippen molar-refractivity contribution in [3.05, 3.63) is 29.8 Å². The van der Waals surface area contributed by atoms with Crippen molar-refractivity contribution in [2.75, 3.05) is 39.9 Å². The maximum absolute atomic E-state index is 5.96. The maximum atomic E-state index is 5.96. The van der Waals surface area contributed by atoms with Crippen LogP contribution in [0.2, 0.25) is 0 Å². The maximum Gasteiger partial charge on any atom is 0.193 e. The van der Waals surface area contributed by atoms with E-state index in [1.54, 1.807) is 0 Å². The lowest BCUT2D eigenvalue weighted by molar-refractivity contribution is 0.181. The van der Waals surface area contributed by atoms with Crippen molar-refractivity contribution in [1.29, 1.82) is 0 Å². The Kier molecular flexibility index (Phi) is 7.37. The molecule has 1 aliphatic rings. The molecule has 1 aromatic rings. The summed E-state index contributed by atoms with van der Waals surface area (Å²) < 4.78 is 11.4. The van der Waals surface area contributed by atoms with Crippen molar-refractivity contribution in [2.45, 2.75) is 33.3 Å². The second-order valence-corrected chi connectivity index (χ2v) is 6.55. The molecular formula is C19H31N3O2. The van der Waals surface area contributed by atoms with E-state index in [0.717, 1.165) is 44.4 Å². The van der Waals surface area contributed by atoms with Gasteiger partial charge >= 0.3 is 0 Å². The number of aliphatic imine (C=N–C) groups is 1. The van der Waals surface area contributed by atoms with Crippen LogP contribution >= 0.6 is 0 Å². The average molecular weight is 333 g/mol. The highest BCUT2D eigenvalue weighted by atomic mass is 16.5. The van der Waals surface area contributed by atoms with Crippen LogP contribution in [0.4, 0.5) is 0 Å². The zero-order chi connectivity index (χ0) is 17.4. The number of ether oxygens (including phenoxy) is 2. The highest BCUT2D eigenvalue weighted by Gasteiger charge is 2.19. The van der Waals surface area contributed by atoms with Crippen LogP contribution in [-0.2, 0) is 4.74 Å². The van der Waals surface area contributed by atoms with Gasteiger partial charge in [-0.3, -0.25) is 0 Å². The Morgan fingerprint density at radius 2 is 2.33 bits per heavy atom. The van der Waals surface area contributed by atoms with Crippen molar-refractivity contribution in [1.82, 2.24) is 10.2 Å². The molecular weight excluding hydrogens is 302 g/mol. The summed E-state index contributed by atoms with van der Waals surface area (Å²) in [6.45, 7) is 10.4. The molecule has 5 nitrogen and oxygen atoms in total. The summed E-state index contributed by atoms with van der Waals surface area (Å²) in [6.07, 6.45) is 1.17. The normalized spacial score (nSPS) is 19.2. The Morgan fingerprint density at radius 1 is 1.50 bits per heavy atom. The molecule has 24 heavy (non-hydrogen) atoms. The Morgan fingerprint density at radius 3 is 3.00 bits per heavy atom. The van der Waals surface area contributed by atoms with E-state index < -0.39 is 0 Å². The van der Waals surface area contributed by atoms with E-state index in [1.165, 1.54) is 5.56 Å². The zero-order valence-electron chi connectivity index (χ0n) is 15.4. The molecule has 2 unspecified atom stereocenters. The third kappa shape index (κ3) is 6.04. The van der Waals surface area contributed by atoms with Gasteiger partial charge in [-0.05, 0) is 44.9 Å². The molecule has 0 saturated carbocycles. The van der Waals surface area contributed by atoms with Crippen LogP contribution in [-0.4, -0.2) is 56.9 Å². The topological polar surface area (TPSA) is 46.1 Å². The lowest BCUT2D eigenvalue weighted by Gasteiger charge is -2.25. The number of nitrogens with one attached hydrogen (secondary N) is 1. The molecule has 2 rings (SSSR count). The van der Waals surface area contributed by atoms with Crippen molar-refractivity contribution >= 4 is 5.96 Å². The number of nitrogens with zero attached hydrogens (tertiary/aromatic N) is 2.